The molecule has 0 aliphatic carbocycles. The van der Waals surface area contributed by atoms with E-state index in [0.29, 0.717) is 43.2 Å². The van der Waals surface area contributed by atoms with Crippen molar-refractivity contribution >= 4 is 44.0 Å². The minimum atomic E-state index is -4.14. The number of carbonyl (C=O) groups is 2. The topological polar surface area (TPSA) is 131 Å². The number of aromatic nitrogens is 2. The highest BCUT2D eigenvalue weighted by molar-refractivity contribution is 7.94. The number of nitrogens with one attached hydrogen (secondary N) is 2. The predicted molar refractivity (Wildman–Crippen MR) is 123 cm³/mol. The summed E-state index contributed by atoms with van der Waals surface area (Å²) in [5.74, 6) is -0.718. The van der Waals surface area contributed by atoms with Crippen molar-refractivity contribution in [1.29, 1.82) is 0 Å². The maximum atomic E-state index is 12.9. The standard InChI is InChI=1S/C21H21N5O5S2/c1-14-6-8-15(9-7-14)18(27)22-20-23-24-21(32-20)33(29,30)25-17-5-3-2-4-16(17)19(28)26-10-12-31-13-11-26/h2-9,25H,10-13H2,1H3,(H,22,23,27). The molecule has 2 heterocycles. The zero-order chi connectivity index (χ0) is 23.4. The predicted octanol–water partition coefficient (Wildman–Crippen LogP) is 2.37. The molecule has 0 spiro atoms. The Morgan fingerprint density at radius 2 is 1.73 bits per heavy atom. The van der Waals surface area contributed by atoms with E-state index in [0.717, 1.165) is 5.56 Å². The molecule has 1 aliphatic rings. The van der Waals surface area contributed by atoms with Crippen LogP contribution in [0.2, 0.25) is 0 Å². The second-order valence-corrected chi connectivity index (χ2v) is 10.1. The summed E-state index contributed by atoms with van der Waals surface area (Å²) in [6, 6.07) is 13.3. The number of benzene rings is 2. The van der Waals surface area contributed by atoms with Crippen LogP contribution in [0.15, 0.2) is 52.9 Å². The van der Waals surface area contributed by atoms with Crippen LogP contribution in [-0.4, -0.2) is 61.6 Å². The van der Waals surface area contributed by atoms with Gasteiger partial charge in [-0.2, -0.15) is 8.42 Å². The molecule has 1 aliphatic heterocycles. The van der Waals surface area contributed by atoms with Gasteiger partial charge in [0.2, 0.25) is 5.13 Å². The highest BCUT2D eigenvalue weighted by Crippen LogP contribution is 2.25. The third kappa shape index (κ3) is 5.35. The first-order valence-electron chi connectivity index (χ1n) is 10.0. The van der Waals surface area contributed by atoms with Gasteiger partial charge in [0.15, 0.2) is 0 Å². The molecule has 1 aromatic heterocycles. The summed E-state index contributed by atoms with van der Waals surface area (Å²) in [6.07, 6.45) is 0. The monoisotopic (exact) mass is 487 g/mol. The molecule has 0 bridgehead atoms. The zero-order valence-electron chi connectivity index (χ0n) is 17.6. The number of rotatable bonds is 6. The molecule has 2 N–H and O–H groups in total. The summed E-state index contributed by atoms with van der Waals surface area (Å²) in [7, 11) is -4.14. The van der Waals surface area contributed by atoms with Gasteiger partial charge >= 0.3 is 0 Å². The minimum absolute atomic E-state index is 0.0404. The minimum Gasteiger partial charge on any atom is -0.378 e. The van der Waals surface area contributed by atoms with E-state index in [9.17, 15) is 18.0 Å². The van der Waals surface area contributed by atoms with Gasteiger partial charge in [-0.1, -0.05) is 41.2 Å². The first-order valence-corrected chi connectivity index (χ1v) is 12.3. The summed E-state index contributed by atoms with van der Waals surface area (Å²) in [5.41, 5.74) is 1.78. The lowest BCUT2D eigenvalue weighted by molar-refractivity contribution is 0.0303. The van der Waals surface area contributed by atoms with Gasteiger partial charge in [0, 0.05) is 18.7 Å². The van der Waals surface area contributed by atoms with Gasteiger partial charge in [-0.15, -0.1) is 10.2 Å². The van der Waals surface area contributed by atoms with Crippen LogP contribution >= 0.6 is 11.3 Å². The Bertz CT molecular complexity index is 1270. The third-order valence-corrected chi connectivity index (χ3v) is 7.44. The quantitative estimate of drug-likeness (QED) is 0.511. The van der Waals surface area contributed by atoms with Gasteiger partial charge in [0.25, 0.3) is 26.2 Å². The maximum absolute atomic E-state index is 12.9. The molecule has 0 unspecified atom stereocenters. The number of aryl methyl sites for hydroxylation is 1. The van der Waals surface area contributed by atoms with Crippen molar-refractivity contribution in [2.75, 3.05) is 36.3 Å². The second kappa shape index (κ2) is 9.65. The molecule has 0 radical (unpaired) electrons. The first kappa shape index (κ1) is 22.8. The Morgan fingerprint density at radius 1 is 1.03 bits per heavy atom. The zero-order valence-corrected chi connectivity index (χ0v) is 19.3. The Balaban J connectivity index is 1.50. The molecule has 4 rings (SSSR count). The van der Waals surface area contributed by atoms with Crippen LogP contribution in [-0.2, 0) is 14.8 Å². The van der Waals surface area contributed by atoms with E-state index in [1.165, 1.54) is 6.07 Å². The number of anilines is 2. The lowest BCUT2D eigenvalue weighted by Crippen LogP contribution is -2.41. The van der Waals surface area contributed by atoms with E-state index < -0.39 is 15.9 Å². The number of para-hydroxylation sites is 1. The van der Waals surface area contributed by atoms with Crippen LogP contribution in [0.5, 0.6) is 0 Å². The maximum Gasteiger partial charge on any atom is 0.291 e. The van der Waals surface area contributed by atoms with Crippen LogP contribution < -0.4 is 10.0 Å². The van der Waals surface area contributed by atoms with Crippen molar-refractivity contribution < 1.29 is 22.7 Å². The highest BCUT2D eigenvalue weighted by Gasteiger charge is 2.26. The van der Waals surface area contributed by atoms with E-state index in [1.807, 2.05) is 6.92 Å². The Kier molecular flexibility index (Phi) is 6.67. The Morgan fingerprint density at radius 3 is 2.45 bits per heavy atom. The number of amides is 2. The van der Waals surface area contributed by atoms with Gasteiger partial charge in [-0.25, -0.2) is 0 Å². The van der Waals surface area contributed by atoms with Crippen molar-refractivity contribution in [3.8, 4) is 0 Å². The molecule has 2 aromatic carbocycles. The Hall–Kier alpha value is -3.35. The number of sulfonamides is 1. The molecule has 1 saturated heterocycles. The summed E-state index contributed by atoms with van der Waals surface area (Å²) in [6.45, 7) is 3.63. The molecule has 0 saturated carbocycles. The van der Waals surface area contributed by atoms with E-state index in [1.54, 1.807) is 47.4 Å². The van der Waals surface area contributed by atoms with Crippen molar-refractivity contribution in [2.45, 2.75) is 11.3 Å². The molecule has 2 amide bonds. The normalized spacial score (nSPS) is 14.0. The molecular formula is C21H21N5O5S2. The average molecular weight is 488 g/mol. The summed E-state index contributed by atoms with van der Waals surface area (Å²) in [4.78, 5) is 26.9. The number of hydrogen-bond donors (Lipinski definition) is 2. The first-order chi connectivity index (χ1) is 15.8. The largest absolute Gasteiger partial charge is 0.378 e. The van der Waals surface area contributed by atoms with Crippen LogP contribution in [0.1, 0.15) is 26.3 Å². The van der Waals surface area contributed by atoms with Crippen molar-refractivity contribution in [1.82, 2.24) is 15.1 Å². The summed E-state index contributed by atoms with van der Waals surface area (Å²) >= 11 is 0.711. The molecule has 10 nitrogen and oxygen atoms in total. The fourth-order valence-electron chi connectivity index (χ4n) is 3.13. The van der Waals surface area contributed by atoms with E-state index in [2.05, 4.69) is 20.2 Å². The van der Waals surface area contributed by atoms with Gasteiger partial charge in [0.05, 0.1) is 24.5 Å². The van der Waals surface area contributed by atoms with Crippen LogP contribution in [0.3, 0.4) is 0 Å². The third-order valence-electron chi connectivity index (χ3n) is 4.87. The average Bonchev–Trinajstić information content (AvgIpc) is 3.29. The lowest BCUT2D eigenvalue weighted by Gasteiger charge is -2.27. The van der Waals surface area contributed by atoms with E-state index in [4.69, 9.17) is 4.74 Å². The van der Waals surface area contributed by atoms with Crippen molar-refractivity contribution in [3.05, 3.63) is 65.2 Å². The second-order valence-electron chi connectivity index (χ2n) is 7.25. The SMILES string of the molecule is Cc1ccc(C(=O)Nc2nnc(S(=O)(=O)Nc3ccccc3C(=O)N3CCOCC3)s2)cc1. The lowest BCUT2D eigenvalue weighted by atomic mass is 10.1. The number of hydrogen-bond acceptors (Lipinski definition) is 8. The van der Waals surface area contributed by atoms with Gasteiger partial charge < -0.3 is 9.64 Å². The van der Waals surface area contributed by atoms with Crippen LogP contribution in [0.4, 0.5) is 10.8 Å². The van der Waals surface area contributed by atoms with Crippen LogP contribution in [0.25, 0.3) is 0 Å². The molecular weight excluding hydrogens is 466 g/mol. The van der Waals surface area contributed by atoms with Crippen LogP contribution in [0, 0.1) is 6.92 Å². The molecule has 33 heavy (non-hydrogen) atoms. The number of ether oxygens (including phenoxy) is 1. The Labute approximate surface area is 194 Å². The van der Waals surface area contributed by atoms with E-state index in [-0.39, 0.29) is 26.6 Å². The molecule has 3 aromatic rings. The van der Waals surface area contributed by atoms with Gasteiger partial charge in [-0.3, -0.25) is 19.6 Å². The number of carbonyl (C=O) groups excluding carboxylic acids is 2. The van der Waals surface area contributed by atoms with Gasteiger partial charge in [0.1, 0.15) is 0 Å². The molecule has 1 fully saturated rings. The molecule has 172 valence electrons. The van der Waals surface area contributed by atoms with Crippen molar-refractivity contribution in [3.63, 3.8) is 0 Å². The summed E-state index contributed by atoms with van der Waals surface area (Å²) < 4.78 is 33.1. The molecule has 12 heteroatoms. The smallest absolute Gasteiger partial charge is 0.291 e. The number of morpholine rings is 1. The summed E-state index contributed by atoms with van der Waals surface area (Å²) in [5, 5.41) is 10.1. The molecule has 0 atom stereocenters. The van der Waals surface area contributed by atoms with Crippen molar-refractivity contribution in [2.24, 2.45) is 0 Å². The van der Waals surface area contributed by atoms with E-state index >= 15 is 0 Å². The number of nitrogens with zero attached hydrogens (tertiary/aromatic N) is 3. The highest BCUT2D eigenvalue weighted by atomic mass is 32.2. The fraction of sp³-hybridized carbons (Fsp3) is 0.238. The van der Waals surface area contributed by atoms with Gasteiger partial charge in [-0.05, 0) is 31.2 Å². The fourth-order valence-corrected chi connectivity index (χ4v) is 5.10.